The minimum Gasteiger partial charge on any atom is -0.343 e. The Morgan fingerprint density at radius 2 is 2.12 bits per heavy atom. The molecule has 2 bridgehead atoms. The van der Waals surface area contributed by atoms with E-state index in [0.29, 0.717) is 47.4 Å². The number of hydrogen-bond acceptors (Lipinski definition) is 8. The van der Waals surface area contributed by atoms with Crippen LogP contribution in [0.25, 0.3) is 16.9 Å². The first-order chi connectivity index (χ1) is 20.7. The number of alkyl halides is 2. The Bertz CT molecular complexity index is 1750. The number of aryl methyl sites for hydroxylation is 1. The van der Waals surface area contributed by atoms with Gasteiger partial charge >= 0.3 is 0 Å². The number of likely N-dealkylation sites (tertiary alicyclic amines) is 1. The van der Waals surface area contributed by atoms with Crippen molar-refractivity contribution in [1.29, 1.82) is 5.26 Å². The van der Waals surface area contributed by atoms with Gasteiger partial charge in [0.25, 0.3) is 11.8 Å². The molecule has 4 aromatic rings. The van der Waals surface area contributed by atoms with Gasteiger partial charge in [0, 0.05) is 67.5 Å². The van der Waals surface area contributed by atoms with Gasteiger partial charge in [-0.15, -0.1) is 0 Å². The highest BCUT2D eigenvalue weighted by Crippen LogP contribution is 2.35. The number of amides is 2. The van der Waals surface area contributed by atoms with Crippen LogP contribution in [-0.4, -0.2) is 72.6 Å². The highest BCUT2D eigenvalue weighted by molar-refractivity contribution is 5.98. The normalized spacial score (nSPS) is 17.8. The molecule has 2 fully saturated rings. The molecule has 0 saturated carbocycles. The maximum atomic E-state index is 14.4. The summed E-state index contributed by atoms with van der Waals surface area (Å²) >= 11 is 0. The highest BCUT2D eigenvalue weighted by Gasteiger charge is 2.40. The van der Waals surface area contributed by atoms with Crippen molar-refractivity contribution in [2.24, 2.45) is 0 Å². The van der Waals surface area contributed by atoms with Gasteiger partial charge in [0.2, 0.25) is 5.91 Å². The maximum Gasteiger partial charge on any atom is 0.289 e. The van der Waals surface area contributed by atoms with Crippen molar-refractivity contribution in [2.75, 3.05) is 25.0 Å². The summed E-state index contributed by atoms with van der Waals surface area (Å²) in [6, 6.07) is 7.72. The number of nitrogens with zero attached hydrogens (tertiary/aromatic N) is 7. The summed E-state index contributed by atoms with van der Waals surface area (Å²) in [5, 5.41) is 22.3. The third kappa shape index (κ3) is 5.39. The monoisotopic (exact) mass is 588 g/mol. The molecule has 2 amide bonds. The highest BCUT2D eigenvalue weighted by atomic mass is 19.3. The molecular weight excluding hydrogens is 558 g/mol. The van der Waals surface area contributed by atoms with Gasteiger partial charge in [-0.2, -0.15) is 19.1 Å². The molecule has 0 radical (unpaired) electrons. The van der Waals surface area contributed by atoms with Gasteiger partial charge in [-0.05, 0) is 36.6 Å². The molecule has 6 rings (SSSR count). The van der Waals surface area contributed by atoms with E-state index in [9.17, 15) is 18.4 Å². The smallest absolute Gasteiger partial charge is 0.289 e. The topological polar surface area (TPSA) is 145 Å². The summed E-state index contributed by atoms with van der Waals surface area (Å²) in [4.78, 5) is 36.4. The molecule has 2 atom stereocenters. The number of benzene rings is 1. The second kappa shape index (κ2) is 11.1. The van der Waals surface area contributed by atoms with Crippen LogP contribution in [-0.2, 0) is 23.7 Å². The summed E-state index contributed by atoms with van der Waals surface area (Å²) in [6.07, 6.45) is 7.52. The van der Waals surface area contributed by atoms with Crippen molar-refractivity contribution >= 4 is 29.0 Å². The Hall–Kier alpha value is -4.90. The molecule has 43 heavy (non-hydrogen) atoms. The zero-order chi connectivity index (χ0) is 30.3. The zero-order valence-electron chi connectivity index (χ0n) is 23.6. The van der Waals surface area contributed by atoms with Gasteiger partial charge in [0.1, 0.15) is 12.2 Å². The SMILES string of the molecule is CCc1cc(Nc2nccn3c(-c4cn(CC#N)nc4C(C)(F)F)cnc23)ccc1C(=O)NCC(=O)N1CC2CC1CN2. The van der Waals surface area contributed by atoms with Crippen molar-refractivity contribution < 1.29 is 18.4 Å². The number of piperazine rings is 1. The van der Waals surface area contributed by atoms with Crippen LogP contribution < -0.4 is 16.0 Å². The molecule has 3 N–H and O–H groups in total. The van der Waals surface area contributed by atoms with Crippen molar-refractivity contribution in [3.8, 4) is 17.3 Å². The van der Waals surface area contributed by atoms with Gasteiger partial charge < -0.3 is 20.9 Å². The van der Waals surface area contributed by atoms with Crippen LogP contribution in [0.1, 0.15) is 41.9 Å². The van der Waals surface area contributed by atoms with Crippen molar-refractivity contribution in [2.45, 2.75) is 51.2 Å². The van der Waals surface area contributed by atoms with E-state index in [1.807, 2.05) is 24.0 Å². The number of fused-ring (bicyclic) bond motifs is 3. The molecule has 3 aromatic heterocycles. The van der Waals surface area contributed by atoms with E-state index in [2.05, 4.69) is 31.0 Å². The van der Waals surface area contributed by atoms with E-state index in [0.717, 1.165) is 25.5 Å². The Morgan fingerprint density at radius 1 is 1.28 bits per heavy atom. The summed E-state index contributed by atoms with van der Waals surface area (Å²) in [5.74, 6) is -3.26. The number of aromatic nitrogens is 5. The van der Waals surface area contributed by atoms with E-state index in [1.165, 1.54) is 23.3 Å². The second-order valence-corrected chi connectivity index (χ2v) is 10.8. The molecule has 12 nitrogen and oxygen atoms in total. The van der Waals surface area contributed by atoms with Crippen LogP contribution in [0.5, 0.6) is 0 Å². The Balaban J connectivity index is 1.21. The summed E-state index contributed by atoms with van der Waals surface area (Å²) in [6.45, 7) is 3.94. The third-order valence-electron chi connectivity index (χ3n) is 7.88. The second-order valence-electron chi connectivity index (χ2n) is 10.8. The summed E-state index contributed by atoms with van der Waals surface area (Å²) < 4.78 is 31.6. The number of hydrogen-bond donors (Lipinski definition) is 3. The summed E-state index contributed by atoms with van der Waals surface area (Å²) in [5.41, 5.74) is 2.36. The summed E-state index contributed by atoms with van der Waals surface area (Å²) in [7, 11) is 0. The lowest BCUT2D eigenvalue weighted by atomic mass is 10.0. The van der Waals surface area contributed by atoms with Crippen LogP contribution in [0.3, 0.4) is 0 Å². The van der Waals surface area contributed by atoms with Crippen LogP contribution in [0, 0.1) is 11.3 Å². The molecule has 222 valence electrons. The van der Waals surface area contributed by atoms with Gasteiger partial charge in [0.05, 0.1) is 24.5 Å². The van der Waals surface area contributed by atoms with Crippen LogP contribution in [0.2, 0.25) is 0 Å². The first-order valence-corrected chi connectivity index (χ1v) is 14.0. The minimum atomic E-state index is -3.24. The number of carbonyl (C=O) groups excluding carboxylic acids is 2. The van der Waals surface area contributed by atoms with Crippen LogP contribution in [0.4, 0.5) is 20.3 Å². The van der Waals surface area contributed by atoms with E-state index in [-0.39, 0.29) is 36.5 Å². The van der Waals surface area contributed by atoms with Crippen LogP contribution >= 0.6 is 0 Å². The first kappa shape index (κ1) is 28.2. The zero-order valence-corrected chi connectivity index (χ0v) is 23.6. The van der Waals surface area contributed by atoms with Gasteiger partial charge in [-0.3, -0.25) is 18.7 Å². The molecule has 2 aliphatic heterocycles. The van der Waals surface area contributed by atoms with E-state index < -0.39 is 11.6 Å². The molecule has 14 heteroatoms. The number of rotatable bonds is 9. The minimum absolute atomic E-state index is 0.0551. The predicted octanol–water partition coefficient (Wildman–Crippen LogP) is 2.84. The van der Waals surface area contributed by atoms with Crippen molar-refractivity contribution in [3.05, 3.63) is 59.8 Å². The third-order valence-corrected chi connectivity index (χ3v) is 7.88. The number of halogens is 2. The lowest BCUT2D eigenvalue weighted by Gasteiger charge is -2.27. The van der Waals surface area contributed by atoms with E-state index in [4.69, 9.17) is 5.26 Å². The molecular formula is C29H30F2N10O2. The Labute approximate surface area is 245 Å². The predicted molar refractivity (Wildman–Crippen MR) is 153 cm³/mol. The number of carbonyl (C=O) groups is 2. The lowest BCUT2D eigenvalue weighted by molar-refractivity contribution is -0.131. The largest absolute Gasteiger partial charge is 0.343 e. The molecule has 0 spiro atoms. The fourth-order valence-corrected chi connectivity index (χ4v) is 5.83. The maximum absolute atomic E-state index is 14.4. The number of imidazole rings is 1. The van der Waals surface area contributed by atoms with E-state index in [1.54, 1.807) is 22.7 Å². The van der Waals surface area contributed by atoms with Crippen LogP contribution in [0.15, 0.2) is 43.0 Å². The van der Waals surface area contributed by atoms with Gasteiger partial charge in [0.15, 0.2) is 11.5 Å². The first-order valence-electron chi connectivity index (χ1n) is 14.0. The van der Waals surface area contributed by atoms with Crippen molar-refractivity contribution in [1.82, 2.24) is 39.7 Å². The fraction of sp³-hybridized carbons (Fsp3) is 0.379. The Morgan fingerprint density at radius 3 is 2.81 bits per heavy atom. The number of nitriles is 1. The molecule has 2 unspecified atom stereocenters. The van der Waals surface area contributed by atoms with E-state index >= 15 is 0 Å². The molecule has 1 aromatic carbocycles. The Kier molecular flexibility index (Phi) is 7.26. The van der Waals surface area contributed by atoms with Crippen molar-refractivity contribution in [3.63, 3.8) is 0 Å². The average Bonchev–Trinajstić information content (AvgIpc) is 3.79. The molecule has 2 saturated heterocycles. The quantitative estimate of drug-likeness (QED) is 0.271. The molecule has 0 aliphatic carbocycles. The molecule has 5 heterocycles. The van der Waals surface area contributed by atoms with Gasteiger partial charge in [-0.25, -0.2) is 9.97 Å². The lowest BCUT2D eigenvalue weighted by Crippen LogP contribution is -2.49. The number of nitrogens with one attached hydrogen (secondary N) is 3. The average molecular weight is 589 g/mol. The van der Waals surface area contributed by atoms with Gasteiger partial charge in [-0.1, -0.05) is 6.92 Å². The molecule has 2 aliphatic rings. The number of anilines is 2. The fourth-order valence-electron chi connectivity index (χ4n) is 5.83. The standard InChI is InChI=1S/C29H30F2N10O2/c1-3-17-10-18(4-5-21(17)28(43)36-14-24(42)41-15-19-11-20(41)12-34-19)37-26-27-35-13-23(40(27)9-7-33-26)22-16-39(8-6-32)38-25(22)29(2,30)31/h4-5,7,9-10,13,16,19-20,34H,3,8,11-12,14-15H2,1-2H3,(H,33,37)(H,36,43).